The van der Waals surface area contributed by atoms with E-state index in [1.54, 1.807) is 19.2 Å². The van der Waals surface area contributed by atoms with Crippen LogP contribution in [-0.4, -0.2) is 18.9 Å². The van der Waals surface area contributed by atoms with Crippen molar-refractivity contribution >= 4 is 17.5 Å². The number of aliphatic imine (C=N–C) groups is 1. The summed E-state index contributed by atoms with van der Waals surface area (Å²) in [6.07, 6.45) is 0. The normalized spacial score (nSPS) is 12.9. The third-order valence-electron chi connectivity index (χ3n) is 2.39. The SMILES string of the molecule is COc1cc2c(c(=C=O)c1)=NC(C(C)C)=N2. The van der Waals surface area contributed by atoms with Crippen molar-refractivity contribution in [2.45, 2.75) is 13.8 Å². The molecule has 0 amide bonds. The lowest BCUT2D eigenvalue weighted by atomic mass is 10.2. The van der Waals surface area contributed by atoms with E-state index in [2.05, 4.69) is 9.98 Å². The van der Waals surface area contributed by atoms with Crippen LogP contribution in [0.2, 0.25) is 0 Å². The summed E-state index contributed by atoms with van der Waals surface area (Å²) >= 11 is 0. The van der Waals surface area contributed by atoms with Gasteiger partial charge >= 0.3 is 0 Å². The summed E-state index contributed by atoms with van der Waals surface area (Å²) in [5.41, 5.74) is 0.682. The standard InChI is InChI=1S/C12H12N2O2/c1-7(2)12-13-10-5-9(16-3)4-8(6-15)11(10)14-12/h4-5,7H,1-3H3. The van der Waals surface area contributed by atoms with Gasteiger partial charge < -0.3 is 4.74 Å². The number of hydrogen-bond donors (Lipinski definition) is 0. The molecule has 1 aromatic rings. The van der Waals surface area contributed by atoms with E-state index in [0.29, 0.717) is 22.0 Å². The maximum Gasteiger partial charge on any atom is 0.134 e. The Hall–Kier alpha value is -1.93. The first-order chi connectivity index (χ1) is 7.65. The molecule has 1 aliphatic heterocycles. The molecular formula is C12H12N2O2. The third kappa shape index (κ3) is 1.64. The van der Waals surface area contributed by atoms with E-state index in [9.17, 15) is 4.79 Å². The lowest BCUT2D eigenvalue weighted by Crippen LogP contribution is -2.25. The molecule has 4 heteroatoms. The molecule has 0 radical (unpaired) electrons. The van der Waals surface area contributed by atoms with Crippen LogP contribution in [0, 0.1) is 5.92 Å². The zero-order valence-electron chi connectivity index (χ0n) is 9.44. The smallest absolute Gasteiger partial charge is 0.134 e. The number of nitrogens with zero attached hydrogens (tertiary/aromatic N) is 2. The molecule has 1 heterocycles. The van der Waals surface area contributed by atoms with Crippen molar-refractivity contribution in [2.75, 3.05) is 7.11 Å². The van der Waals surface area contributed by atoms with Gasteiger partial charge in [-0.05, 0) is 0 Å². The highest BCUT2D eigenvalue weighted by atomic mass is 16.5. The molecule has 0 atom stereocenters. The Morgan fingerprint density at radius 1 is 1.31 bits per heavy atom. The average Bonchev–Trinajstić information content (AvgIpc) is 2.71. The van der Waals surface area contributed by atoms with Crippen molar-refractivity contribution in [3.8, 4) is 5.75 Å². The largest absolute Gasteiger partial charge is 0.497 e. The lowest BCUT2D eigenvalue weighted by Gasteiger charge is -1.98. The van der Waals surface area contributed by atoms with Crippen LogP contribution in [-0.2, 0) is 4.79 Å². The molecular weight excluding hydrogens is 204 g/mol. The maximum absolute atomic E-state index is 10.8. The highest BCUT2D eigenvalue weighted by molar-refractivity contribution is 5.90. The van der Waals surface area contributed by atoms with Crippen LogP contribution in [0.25, 0.3) is 0 Å². The van der Waals surface area contributed by atoms with Gasteiger partial charge in [-0.1, -0.05) is 13.8 Å². The Labute approximate surface area is 93.0 Å². The molecule has 4 nitrogen and oxygen atoms in total. The van der Waals surface area contributed by atoms with Gasteiger partial charge in [0.1, 0.15) is 22.9 Å². The number of benzene rings is 1. The molecule has 1 aromatic carbocycles. The van der Waals surface area contributed by atoms with Gasteiger partial charge in [-0.15, -0.1) is 0 Å². The van der Waals surface area contributed by atoms with Gasteiger partial charge in [-0.2, -0.15) is 0 Å². The third-order valence-corrected chi connectivity index (χ3v) is 2.39. The number of amidine groups is 1. The van der Waals surface area contributed by atoms with Crippen molar-refractivity contribution in [3.63, 3.8) is 0 Å². The zero-order chi connectivity index (χ0) is 11.7. The molecule has 0 spiro atoms. The molecule has 2 rings (SSSR count). The molecule has 0 saturated carbocycles. The highest BCUT2D eigenvalue weighted by Gasteiger charge is 2.13. The summed E-state index contributed by atoms with van der Waals surface area (Å²) < 4.78 is 5.09. The second-order valence-corrected chi connectivity index (χ2v) is 3.88. The van der Waals surface area contributed by atoms with E-state index in [4.69, 9.17) is 4.74 Å². The summed E-state index contributed by atoms with van der Waals surface area (Å²) in [6.45, 7) is 4.02. The van der Waals surface area contributed by atoms with E-state index in [0.717, 1.165) is 5.84 Å². The topological polar surface area (TPSA) is 51.0 Å². The summed E-state index contributed by atoms with van der Waals surface area (Å²) in [4.78, 5) is 19.5. The summed E-state index contributed by atoms with van der Waals surface area (Å²) in [5.74, 6) is 3.43. The van der Waals surface area contributed by atoms with E-state index < -0.39 is 0 Å². The fraction of sp³-hybridized carbons (Fsp3) is 0.333. The Morgan fingerprint density at radius 2 is 2.06 bits per heavy atom. The second-order valence-electron chi connectivity index (χ2n) is 3.88. The summed E-state index contributed by atoms with van der Waals surface area (Å²) in [7, 11) is 1.55. The van der Waals surface area contributed by atoms with E-state index in [1.807, 2.05) is 19.8 Å². The Bertz CT molecular complexity index is 596. The predicted octanol–water partition coefficient (Wildman–Crippen LogP) is 0.518. The van der Waals surface area contributed by atoms with Gasteiger partial charge in [0, 0.05) is 18.1 Å². The van der Waals surface area contributed by atoms with E-state index in [-0.39, 0.29) is 5.92 Å². The first-order valence-electron chi connectivity index (χ1n) is 5.06. The minimum absolute atomic E-state index is 0.234. The molecule has 16 heavy (non-hydrogen) atoms. The van der Waals surface area contributed by atoms with Crippen molar-refractivity contribution in [1.82, 2.24) is 0 Å². The second kappa shape index (κ2) is 3.91. The van der Waals surface area contributed by atoms with Gasteiger partial charge in [0.05, 0.1) is 18.0 Å². The number of rotatable bonds is 2. The first-order valence-corrected chi connectivity index (χ1v) is 5.06. The number of ether oxygens (including phenoxy) is 1. The molecule has 0 aliphatic carbocycles. The summed E-state index contributed by atoms with van der Waals surface area (Å²) in [6, 6.07) is 3.39. The minimum atomic E-state index is 0.234. The van der Waals surface area contributed by atoms with Gasteiger partial charge in [0.25, 0.3) is 0 Å². The van der Waals surface area contributed by atoms with Crippen molar-refractivity contribution in [3.05, 3.63) is 22.7 Å². The lowest BCUT2D eigenvalue weighted by molar-refractivity contribution is 0.414. The molecule has 82 valence electrons. The molecule has 0 aromatic heterocycles. The predicted molar refractivity (Wildman–Crippen MR) is 60.5 cm³/mol. The van der Waals surface area contributed by atoms with E-state index in [1.165, 1.54) is 0 Å². The molecule has 0 fully saturated rings. The summed E-state index contributed by atoms with van der Waals surface area (Å²) in [5, 5.41) is 0.994. The van der Waals surface area contributed by atoms with Gasteiger partial charge in [-0.3, -0.25) is 0 Å². The van der Waals surface area contributed by atoms with Crippen molar-refractivity contribution in [1.29, 1.82) is 0 Å². The maximum atomic E-state index is 10.8. The van der Waals surface area contributed by atoms with Gasteiger partial charge in [0.15, 0.2) is 0 Å². The Balaban J connectivity index is 2.72. The van der Waals surface area contributed by atoms with Crippen LogP contribution < -0.4 is 15.3 Å². The van der Waals surface area contributed by atoms with Crippen LogP contribution in [0.4, 0.5) is 5.69 Å². The molecule has 0 unspecified atom stereocenters. The number of fused-ring (bicyclic) bond motifs is 1. The van der Waals surface area contributed by atoms with Crippen LogP contribution >= 0.6 is 0 Å². The fourth-order valence-corrected chi connectivity index (χ4v) is 1.51. The van der Waals surface area contributed by atoms with Gasteiger partial charge in [0.2, 0.25) is 0 Å². The average molecular weight is 216 g/mol. The van der Waals surface area contributed by atoms with Crippen LogP contribution in [0.3, 0.4) is 0 Å². The minimum Gasteiger partial charge on any atom is -0.497 e. The molecule has 0 bridgehead atoms. The van der Waals surface area contributed by atoms with Crippen molar-refractivity contribution in [2.24, 2.45) is 15.9 Å². The molecule has 0 saturated heterocycles. The Kier molecular flexibility index (Phi) is 2.59. The number of methoxy groups -OCH3 is 1. The van der Waals surface area contributed by atoms with Gasteiger partial charge in [-0.25, -0.2) is 14.8 Å². The quantitative estimate of drug-likeness (QED) is 0.723. The van der Waals surface area contributed by atoms with E-state index >= 15 is 0 Å². The molecule has 1 aliphatic rings. The van der Waals surface area contributed by atoms with Crippen LogP contribution in [0.5, 0.6) is 5.75 Å². The van der Waals surface area contributed by atoms with Crippen LogP contribution in [0.15, 0.2) is 22.1 Å². The fourth-order valence-electron chi connectivity index (χ4n) is 1.51. The zero-order valence-corrected chi connectivity index (χ0v) is 9.44. The number of hydrogen-bond acceptors (Lipinski definition) is 4. The van der Waals surface area contributed by atoms with Crippen LogP contribution in [0.1, 0.15) is 13.8 Å². The number of carbonyl (C=O) groups excluding carboxylic acids is 1. The molecule has 0 N–H and O–H groups in total. The van der Waals surface area contributed by atoms with Crippen molar-refractivity contribution < 1.29 is 9.53 Å². The first kappa shape index (κ1) is 10.6. The highest BCUT2D eigenvalue weighted by Crippen LogP contribution is 2.18. The Morgan fingerprint density at radius 3 is 2.62 bits per heavy atom. The monoisotopic (exact) mass is 216 g/mol.